The molecule has 0 atom stereocenters. The third kappa shape index (κ3) is 3.01. The number of nitrogens with one attached hydrogen (secondary N) is 1. The van der Waals surface area contributed by atoms with Crippen LogP contribution in [0.25, 0.3) is 21.8 Å². The molecular formula is C19H17N5O. The lowest BCUT2D eigenvalue weighted by Crippen LogP contribution is -2.15. The van der Waals surface area contributed by atoms with Crippen LogP contribution >= 0.6 is 0 Å². The number of carbonyl (C=O) groups is 1. The van der Waals surface area contributed by atoms with Crippen LogP contribution in [0.2, 0.25) is 0 Å². The number of anilines is 2. The molecule has 0 aliphatic heterocycles. The van der Waals surface area contributed by atoms with E-state index in [2.05, 4.69) is 15.4 Å². The average molecular weight is 331 g/mol. The van der Waals surface area contributed by atoms with Crippen molar-refractivity contribution in [2.75, 3.05) is 11.1 Å². The van der Waals surface area contributed by atoms with Crippen LogP contribution in [0.3, 0.4) is 0 Å². The monoisotopic (exact) mass is 331 g/mol. The largest absolute Gasteiger partial charge is 0.399 e. The van der Waals surface area contributed by atoms with Crippen molar-refractivity contribution in [2.24, 2.45) is 7.05 Å². The lowest BCUT2D eigenvalue weighted by molar-refractivity contribution is -0.115. The Morgan fingerprint density at radius 3 is 2.84 bits per heavy atom. The van der Waals surface area contributed by atoms with Gasteiger partial charge in [-0.05, 0) is 42.5 Å². The Morgan fingerprint density at radius 2 is 1.96 bits per heavy atom. The van der Waals surface area contributed by atoms with Crippen molar-refractivity contribution < 1.29 is 4.79 Å². The van der Waals surface area contributed by atoms with Crippen LogP contribution in [0.5, 0.6) is 0 Å². The Kier molecular flexibility index (Phi) is 3.57. The summed E-state index contributed by atoms with van der Waals surface area (Å²) in [6.07, 6.45) is 2.01. The third-order valence-corrected chi connectivity index (χ3v) is 4.15. The Balaban J connectivity index is 1.52. The molecule has 0 saturated carbocycles. The van der Waals surface area contributed by atoms with Crippen LogP contribution in [0, 0.1) is 0 Å². The van der Waals surface area contributed by atoms with E-state index in [9.17, 15) is 4.79 Å². The average Bonchev–Trinajstić information content (AvgIpc) is 2.96. The van der Waals surface area contributed by atoms with Crippen molar-refractivity contribution in [3.8, 4) is 0 Å². The van der Waals surface area contributed by atoms with Gasteiger partial charge in [-0.1, -0.05) is 6.07 Å². The topological polar surface area (TPSA) is 85.8 Å². The Hall–Kier alpha value is -3.41. The van der Waals surface area contributed by atoms with Crippen LogP contribution in [-0.4, -0.2) is 20.7 Å². The molecule has 0 spiro atoms. The fourth-order valence-corrected chi connectivity index (χ4v) is 2.88. The Bertz CT molecular complexity index is 1100. The fourth-order valence-electron chi connectivity index (χ4n) is 2.88. The highest BCUT2D eigenvalue weighted by Gasteiger charge is 2.08. The minimum Gasteiger partial charge on any atom is -0.399 e. The first-order valence-electron chi connectivity index (χ1n) is 7.95. The summed E-state index contributed by atoms with van der Waals surface area (Å²) in [5, 5.41) is 9.12. The second-order valence-corrected chi connectivity index (χ2v) is 6.02. The lowest BCUT2D eigenvalue weighted by atomic mass is 10.1. The molecule has 2 aromatic carbocycles. The number of nitrogens with zero attached hydrogens (tertiary/aromatic N) is 3. The number of nitrogens with two attached hydrogens (primary N) is 1. The van der Waals surface area contributed by atoms with Gasteiger partial charge in [0.05, 0.1) is 29.3 Å². The molecule has 6 heteroatoms. The quantitative estimate of drug-likeness (QED) is 0.565. The van der Waals surface area contributed by atoms with Crippen molar-refractivity contribution in [1.29, 1.82) is 0 Å². The molecule has 1 amide bonds. The van der Waals surface area contributed by atoms with Gasteiger partial charge >= 0.3 is 0 Å². The summed E-state index contributed by atoms with van der Waals surface area (Å²) in [6, 6.07) is 15.1. The molecule has 2 aromatic heterocycles. The maximum absolute atomic E-state index is 12.3. The Morgan fingerprint density at radius 1 is 1.12 bits per heavy atom. The highest BCUT2D eigenvalue weighted by atomic mass is 16.1. The number of nitrogen functional groups attached to an aromatic ring is 1. The van der Waals surface area contributed by atoms with Crippen molar-refractivity contribution in [1.82, 2.24) is 14.8 Å². The molecule has 25 heavy (non-hydrogen) atoms. The molecule has 3 N–H and O–H groups in total. The number of aryl methyl sites for hydroxylation is 1. The van der Waals surface area contributed by atoms with Gasteiger partial charge in [-0.15, -0.1) is 0 Å². The van der Waals surface area contributed by atoms with Crippen LogP contribution < -0.4 is 11.1 Å². The van der Waals surface area contributed by atoms with Gasteiger partial charge in [0, 0.05) is 29.2 Å². The molecule has 0 fully saturated rings. The van der Waals surface area contributed by atoms with Crippen LogP contribution in [-0.2, 0) is 18.3 Å². The molecular weight excluding hydrogens is 314 g/mol. The summed E-state index contributed by atoms with van der Waals surface area (Å²) >= 11 is 0. The van der Waals surface area contributed by atoms with Gasteiger partial charge in [-0.3, -0.25) is 14.5 Å². The van der Waals surface area contributed by atoms with Gasteiger partial charge in [0.2, 0.25) is 5.91 Å². The number of carbonyl (C=O) groups excluding carboxylic acids is 1. The predicted molar refractivity (Wildman–Crippen MR) is 99.2 cm³/mol. The number of aromatic nitrogens is 3. The van der Waals surface area contributed by atoms with Crippen LogP contribution in [0.1, 0.15) is 5.69 Å². The highest BCUT2D eigenvalue weighted by Crippen LogP contribution is 2.19. The SMILES string of the molecule is Cn1ncc2ccc(NC(=O)Cc3ccc4cc(N)ccc4n3)cc21. The van der Waals surface area contributed by atoms with Gasteiger partial charge in [0.15, 0.2) is 0 Å². The number of pyridine rings is 1. The van der Waals surface area contributed by atoms with Gasteiger partial charge < -0.3 is 11.1 Å². The van der Waals surface area contributed by atoms with Gasteiger partial charge in [0.25, 0.3) is 0 Å². The molecule has 2 heterocycles. The molecule has 124 valence electrons. The summed E-state index contributed by atoms with van der Waals surface area (Å²) in [4.78, 5) is 16.9. The number of rotatable bonds is 3. The van der Waals surface area contributed by atoms with Crippen LogP contribution in [0.15, 0.2) is 54.7 Å². The lowest BCUT2D eigenvalue weighted by Gasteiger charge is -2.07. The van der Waals surface area contributed by atoms with Crippen molar-refractivity contribution in [3.05, 3.63) is 60.4 Å². The zero-order chi connectivity index (χ0) is 17.4. The molecule has 4 rings (SSSR count). The molecule has 0 aliphatic carbocycles. The molecule has 0 saturated heterocycles. The van der Waals surface area contributed by atoms with E-state index >= 15 is 0 Å². The maximum atomic E-state index is 12.3. The van der Waals surface area contributed by atoms with E-state index in [4.69, 9.17) is 5.73 Å². The summed E-state index contributed by atoms with van der Waals surface area (Å²) < 4.78 is 1.78. The van der Waals surface area contributed by atoms with E-state index in [0.717, 1.165) is 33.2 Å². The molecule has 0 unspecified atom stereocenters. The second-order valence-electron chi connectivity index (χ2n) is 6.02. The first-order valence-corrected chi connectivity index (χ1v) is 7.95. The van der Waals surface area contributed by atoms with Crippen molar-refractivity contribution in [3.63, 3.8) is 0 Å². The van der Waals surface area contributed by atoms with Gasteiger partial charge in [-0.25, -0.2) is 0 Å². The minimum atomic E-state index is -0.108. The third-order valence-electron chi connectivity index (χ3n) is 4.15. The summed E-state index contributed by atoms with van der Waals surface area (Å²) in [5.41, 5.74) is 9.74. The summed E-state index contributed by atoms with van der Waals surface area (Å²) in [6.45, 7) is 0. The smallest absolute Gasteiger partial charge is 0.230 e. The standard InChI is InChI=1S/C19H17N5O/c1-24-18-9-15(6-3-13(18)11-21-24)23-19(25)10-16-5-2-12-8-14(20)4-7-17(12)22-16/h2-9,11H,10,20H2,1H3,(H,23,25). The first-order chi connectivity index (χ1) is 12.1. The normalized spacial score (nSPS) is 11.1. The van der Waals surface area contributed by atoms with Crippen LogP contribution in [0.4, 0.5) is 11.4 Å². The number of amides is 1. The number of hydrogen-bond donors (Lipinski definition) is 2. The molecule has 0 bridgehead atoms. The van der Waals surface area contributed by atoms with E-state index in [1.807, 2.05) is 55.6 Å². The number of hydrogen-bond acceptors (Lipinski definition) is 4. The first kappa shape index (κ1) is 15.1. The van der Waals surface area contributed by atoms with E-state index in [-0.39, 0.29) is 12.3 Å². The van der Waals surface area contributed by atoms with E-state index < -0.39 is 0 Å². The molecule has 4 aromatic rings. The predicted octanol–water partition coefficient (Wildman–Crippen LogP) is 2.88. The van der Waals surface area contributed by atoms with Crippen molar-refractivity contribution in [2.45, 2.75) is 6.42 Å². The highest BCUT2D eigenvalue weighted by molar-refractivity contribution is 5.94. The second kappa shape index (κ2) is 5.90. The molecule has 6 nitrogen and oxygen atoms in total. The fraction of sp³-hybridized carbons (Fsp3) is 0.105. The molecule has 0 aliphatic rings. The Labute approximate surface area is 144 Å². The van der Waals surface area contributed by atoms with E-state index in [1.165, 1.54) is 0 Å². The zero-order valence-electron chi connectivity index (χ0n) is 13.7. The summed E-state index contributed by atoms with van der Waals surface area (Å²) in [5.74, 6) is -0.108. The maximum Gasteiger partial charge on any atom is 0.230 e. The van der Waals surface area contributed by atoms with E-state index in [1.54, 1.807) is 10.9 Å². The zero-order valence-corrected chi connectivity index (χ0v) is 13.7. The molecule has 0 radical (unpaired) electrons. The summed E-state index contributed by atoms with van der Waals surface area (Å²) in [7, 11) is 1.87. The van der Waals surface area contributed by atoms with Gasteiger partial charge in [-0.2, -0.15) is 5.10 Å². The van der Waals surface area contributed by atoms with E-state index in [0.29, 0.717) is 5.69 Å². The van der Waals surface area contributed by atoms with Crippen molar-refractivity contribution >= 4 is 39.1 Å². The van der Waals surface area contributed by atoms with Gasteiger partial charge in [0.1, 0.15) is 0 Å². The minimum absolute atomic E-state index is 0.108. The number of fused-ring (bicyclic) bond motifs is 2. The number of benzene rings is 2.